The van der Waals surface area contributed by atoms with Gasteiger partial charge in [-0.2, -0.15) is 0 Å². The third-order valence-electron chi connectivity index (χ3n) is 2.42. The Morgan fingerprint density at radius 2 is 2.00 bits per heavy atom. The van der Waals surface area contributed by atoms with Gasteiger partial charge in [0.25, 0.3) is 0 Å². The van der Waals surface area contributed by atoms with Gasteiger partial charge in [-0.1, -0.05) is 28.4 Å². The second-order valence-electron chi connectivity index (χ2n) is 3.67. The van der Waals surface area contributed by atoms with Crippen LogP contribution in [-0.2, 0) is 0 Å². The Bertz CT molecular complexity index is 694. The first kappa shape index (κ1) is 11.3. The monoisotopic (exact) mass is 279 g/mol. The molecule has 0 bridgehead atoms. The van der Waals surface area contributed by atoms with Gasteiger partial charge >= 0.3 is 0 Å². The van der Waals surface area contributed by atoms with Crippen molar-refractivity contribution in [3.8, 4) is 0 Å². The molecule has 1 N–H and O–H groups in total. The molecule has 90 valence electrons. The third kappa shape index (κ3) is 2.12. The number of hydrogen-bond acceptors (Lipinski definition) is 4. The molecule has 2 heterocycles. The van der Waals surface area contributed by atoms with Crippen molar-refractivity contribution in [2.24, 2.45) is 0 Å². The van der Waals surface area contributed by atoms with E-state index in [1.165, 1.54) is 0 Å². The molecule has 6 heteroatoms. The van der Waals surface area contributed by atoms with Crippen LogP contribution < -0.4 is 5.32 Å². The number of rotatable bonds is 2. The molecule has 0 radical (unpaired) electrons. The molecule has 0 spiro atoms. The molecule has 0 saturated carbocycles. The molecular formula is C12H7Cl2N3O. The molecule has 3 rings (SSSR count). The van der Waals surface area contributed by atoms with E-state index < -0.39 is 0 Å². The van der Waals surface area contributed by atoms with Crippen molar-refractivity contribution in [1.82, 2.24) is 10.1 Å². The van der Waals surface area contributed by atoms with Crippen LogP contribution in [0.5, 0.6) is 0 Å². The average Bonchev–Trinajstić information content (AvgIpc) is 2.74. The molecule has 0 aliphatic carbocycles. The van der Waals surface area contributed by atoms with E-state index in [1.807, 2.05) is 12.1 Å². The van der Waals surface area contributed by atoms with Crippen LogP contribution in [0.3, 0.4) is 0 Å². The summed E-state index contributed by atoms with van der Waals surface area (Å²) >= 11 is 11.6. The van der Waals surface area contributed by atoms with Crippen molar-refractivity contribution < 1.29 is 4.52 Å². The summed E-state index contributed by atoms with van der Waals surface area (Å²) in [6, 6.07) is 8.86. The van der Waals surface area contributed by atoms with Crippen LogP contribution in [0.2, 0.25) is 10.2 Å². The lowest BCUT2D eigenvalue weighted by Crippen LogP contribution is -1.91. The largest absolute Gasteiger partial charge is 0.354 e. The van der Waals surface area contributed by atoms with E-state index in [4.69, 9.17) is 27.7 Å². The molecule has 0 fully saturated rings. The van der Waals surface area contributed by atoms with Gasteiger partial charge in [0, 0.05) is 11.1 Å². The number of halogens is 2. The van der Waals surface area contributed by atoms with E-state index in [0.717, 1.165) is 11.1 Å². The quantitative estimate of drug-likeness (QED) is 0.712. The summed E-state index contributed by atoms with van der Waals surface area (Å²) in [4.78, 5) is 3.98. The predicted octanol–water partition coefficient (Wildman–Crippen LogP) is 4.27. The Balaban J connectivity index is 1.97. The number of nitrogens with one attached hydrogen (secondary N) is 1. The average molecular weight is 280 g/mol. The second kappa shape index (κ2) is 4.48. The molecule has 1 aromatic carbocycles. The SMILES string of the molecule is Clc1ccc2c(Nc3ccc(Cl)nc3)noc2c1. The van der Waals surface area contributed by atoms with Gasteiger partial charge in [-0.05, 0) is 24.3 Å². The summed E-state index contributed by atoms with van der Waals surface area (Å²) in [6.07, 6.45) is 1.62. The molecule has 18 heavy (non-hydrogen) atoms. The van der Waals surface area contributed by atoms with Gasteiger partial charge in [0.2, 0.25) is 0 Å². The highest BCUT2D eigenvalue weighted by molar-refractivity contribution is 6.31. The Morgan fingerprint density at radius 3 is 2.78 bits per heavy atom. The van der Waals surface area contributed by atoms with Crippen LogP contribution in [0, 0.1) is 0 Å². The lowest BCUT2D eigenvalue weighted by molar-refractivity contribution is 0.460. The molecule has 0 atom stereocenters. The van der Waals surface area contributed by atoms with Crippen LogP contribution in [0.1, 0.15) is 0 Å². The maximum atomic E-state index is 5.87. The van der Waals surface area contributed by atoms with Gasteiger partial charge in [0.15, 0.2) is 11.4 Å². The minimum atomic E-state index is 0.442. The topological polar surface area (TPSA) is 51.0 Å². The van der Waals surface area contributed by atoms with E-state index in [9.17, 15) is 0 Å². The normalized spacial score (nSPS) is 10.8. The predicted molar refractivity (Wildman–Crippen MR) is 71.5 cm³/mol. The Morgan fingerprint density at radius 1 is 1.11 bits per heavy atom. The molecular weight excluding hydrogens is 273 g/mol. The van der Waals surface area contributed by atoms with Gasteiger partial charge < -0.3 is 9.84 Å². The molecule has 3 aromatic rings. The summed E-state index contributed by atoms with van der Waals surface area (Å²) in [6.45, 7) is 0. The summed E-state index contributed by atoms with van der Waals surface area (Å²) in [7, 11) is 0. The number of hydrogen-bond donors (Lipinski definition) is 1. The van der Waals surface area contributed by atoms with Gasteiger partial charge in [0.05, 0.1) is 17.3 Å². The Kier molecular flexibility index (Phi) is 2.81. The summed E-state index contributed by atoms with van der Waals surface area (Å²) in [5, 5.41) is 8.96. The number of aromatic nitrogens is 2. The van der Waals surface area contributed by atoms with Gasteiger partial charge in [-0.15, -0.1) is 0 Å². The number of pyridine rings is 1. The van der Waals surface area contributed by atoms with Gasteiger partial charge in [-0.3, -0.25) is 0 Å². The summed E-state index contributed by atoms with van der Waals surface area (Å²) in [5.74, 6) is 0.616. The maximum absolute atomic E-state index is 5.87. The first-order valence-corrected chi connectivity index (χ1v) is 5.91. The Labute approximate surface area is 113 Å². The maximum Gasteiger partial charge on any atom is 0.181 e. The van der Waals surface area contributed by atoms with E-state index >= 15 is 0 Å². The standard InChI is InChI=1S/C12H7Cl2N3O/c13-7-1-3-9-10(5-7)18-17-12(9)16-8-2-4-11(14)15-6-8/h1-6H,(H,16,17). The molecule has 2 aromatic heterocycles. The lowest BCUT2D eigenvalue weighted by Gasteiger charge is -2.01. The molecule has 0 amide bonds. The van der Waals surface area contributed by atoms with Crippen LogP contribution in [-0.4, -0.2) is 10.1 Å². The minimum absolute atomic E-state index is 0.442. The third-order valence-corrected chi connectivity index (χ3v) is 2.88. The highest BCUT2D eigenvalue weighted by Crippen LogP contribution is 2.27. The van der Waals surface area contributed by atoms with Gasteiger partial charge in [-0.25, -0.2) is 4.98 Å². The van der Waals surface area contributed by atoms with Crippen molar-refractivity contribution in [3.05, 3.63) is 46.7 Å². The van der Waals surface area contributed by atoms with Crippen molar-refractivity contribution in [3.63, 3.8) is 0 Å². The number of nitrogens with zero attached hydrogens (tertiary/aromatic N) is 2. The fourth-order valence-corrected chi connectivity index (χ4v) is 1.86. The molecule has 0 saturated heterocycles. The zero-order chi connectivity index (χ0) is 12.5. The number of fused-ring (bicyclic) bond motifs is 1. The first-order chi connectivity index (χ1) is 8.72. The minimum Gasteiger partial charge on any atom is -0.354 e. The van der Waals surface area contributed by atoms with Crippen molar-refractivity contribution in [2.75, 3.05) is 5.32 Å². The van der Waals surface area contributed by atoms with E-state index in [2.05, 4.69) is 15.5 Å². The van der Waals surface area contributed by atoms with E-state index in [1.54, 1.807) is 24.4 Å². The molecule has 4 nitrogen and oxygen atoms in total. The van der Waals surface area contributed by atoms with Gasteiger partial charge in [0.1, 0.15) is 5.15 Å². The summed E-state index contributed by atoms with van der Waals surface area (Å²) in [5.41, 5.74) is 1.41. The van der Waals surface area contributed by atoms with Crippen molar-refractivity contribution in [1.29, 1.82) is 0 Å². The van der Waals surface area contributed by atoms with Crippen molar-refractivity contribution in [2.45, 2.75) is 0 Å². The molecule has 0 aliphatic heterocycles. The van der Waals surface area contributed by atoms with Crippen LogP contribution in [0.25, 0.3) is 11.0 Å². The Hall–Kier alpha value is -1.78. The number of benzene rings is 1. The highest BCUT2D eigenvalue weighted by atomic mass is 35.5. The van der Waals surface area contributed by atoms with Crippen LogP contribution in [0.15, 0.2) is 41.1 Å². The number of anilines is 2. The van der Waals surface area contributed by atoms with Crippen LogP contribution in [0.4, 0.5) is 11.5 Å². The smallest absolute Gasteiger partial charge is 0.181 e. The highest BCUT2D eigenvalue weighted by Gasteiger charge is 2.08. The fraction of sp³-hybridized carbons (Fsp3) is 0. The zero-order valence-corrected chi connectivity index (χ0v) is 10.5. The van der Waals surface area contributed by atoms with Crippen LogP contribution >= 0.6 is 23.2 Å². The van der Waals surface area contributed by atoms with E-state index in [0.29, 0.717) is 21.6 Å². The van der Waals surface area contributed by atoms with Crippen molar-refractivity contribution >= 4 is 45.7 Å². The first-order valence-electron chi connectivity index (χ1n) is 5.16. The summed E-state index contributed by atoms with van der Waals surface area (Å²) < 4.78 is 5.18. The fourth-order valence-electron chi connectivity index (χ4n) is 1.59. The molecule has 0 unspecified atom stereocenters. The zero-order valence-electron chi connectivity index (χ0n) is 9.02. The second-order valence-corrected chi connectivity index (χ2v) is 4.49. The van der Waals surface area contributed by atoms with E-state index in [-0.39, 0.29) is 0 Å². The lowest BCUT2D eigenvalue weighted by atomic mass is 10.2. The molecule has 0 aliphatic rings.